The molecule has 9 nitrogen and oxygen atoms in total. The van der Waals surface area contributed by atoms with Crippen molar-refractivity contribution in [3.8, 4) is 11.8 Å². The second kappa shape index (κ2) is 9.33. The molecule has 1 saturated heterocycles. The Morgan fingerprint density at radius 1 is 1.23 bits per heavy atom. The molecule has 1 fully saturated rings. The van der Waals surface area contributed by atoms with Gasteiger partial charge in [-0.3, -0.25) is 34.2 Å². The molecule has 9 heteroatoms. The number of fused-ring (bicyclic) bond motifs is 1. The largest absolute Gasteiger partial charge is 0.380 e. The van der Waals surface area contributed by atoms with Crippen molar-refractivity contribution in [3.05, 3.63) is 34.9 Å². The third kappa shape index (κ3) is 4.39. The molecule has 0 saturated carbocycles. The van der Waals surface area contributed by atoms with Gasteiger partial charge in [-0.2, -0.15) is 0 Å². The number of rotatable bonds is 6. The lowest BCUT2D eigenvalue weighted by atomic mass is 10.0. The van der Waals surface area contributed by atoms with E-state index in [1.54, 1.807) is 19.2 Å². The lowest BCUT2D eigenvalue weighted by molar-refractivity contribution is -0.136. The summed E-state index contributed by atoms with van der Waals surface area (Å²) >= 11 is 0. The summed E-state index contributed by atoms with van der Waals surface area (Å²) in [5.74, 6) is 3.45. The van der Waals surface area contributed by atoms with Gasteiger partial charge >= 0.3 is 0 Å². The fraction of sp³-hybridized carbons (Fsp3) is 0.381. The number of hydrogen-bond acceptors (Lipinski definition) is 6. The second-order valence-corrected chi connectivity index (χ2v) is 6.76. The maximum absolute atomic E-state index is 12.9. The Kier molecular flexibility index (Phi) is 6.59. The van der Waals surface area contributed by atoms with Crippen LogP contribution in [0.5, 0.6) is 0 Å². The minimum Gasteiger partial charge on any atom is -0.380 e. The minimum absolute atomic E-state index is 0.0659. The molecule has 1 aromatic rings. The standard InChI is InChI=1S/C21H21N3O6/c1-22-16(25)10-12-30-11-3-2-5-13-6-4-7-14-18(13)21(29)24(20(14)28)15-8-9-17(26)23-19(15)27/h4,6-7,15H,3,8-12H2,1H3,(H,22,25)(H,23,26,27). The predicted octanol–water partition coefficient (Wildman–Crippen LogP) is -0.0179. The van der Waals surface area contributed by atoms with E-state index in [2.05, 4.69) is 22.5 Å². The third-order valence-electron chi connectivity index (χ3n) is 4.81. The van der Waals surface area contributed by atoms with Crippen molar-refractivity contribution in [2.75, 3.05) is 20.3 Å². The molecule has 2 aliphatic rings. The highest BCUT2D eigenvalue weighted by Gasteiger charge is 2.45. The van der Waals surface area contributed by atoms with E-state index in [4.69, 9.17) is 4.74 Å². The van der Waals surface area contributed by atoms with Gasteiger partial charge in [0.05, 0.1) is 24.3 Å². The normalized spacial score (nSPS) is 17.9. The lowest BCUT2D eigenvalue weighted by Gasteiger charge is -2.27. The zero-order valence-corrected chi connectivity index (χ0v) is 16.4. The van der Waals surface area contributed by atoms with Gasteiger partial charge in [-0.05, 0) is 18.6 Å². The molecule has 0 aliphatic carbocycles. The Morgan fingerprint density at radius 2 is 2.03 bits per heavy atom. The number of carbonyl (C=O) groups excluding carboxylic acids is 5. The number of benzene rings is 1. The molecule has 0 aromatic heterocycles. The average Bonchev–Trinajstić information content (AvgIpc) is 2.98. The molecule has 1 unspecified atom stereocenters. The molecule has 3 rings (SSSR count). The van der Waals surface area contributed by atoms with Crippen LogP contribution in [0.2, 0.25) is 0 Å². The number of carbonyl (C=O) groups is 5. The van der Waals surface area contributed by atoms with Crippen LogP contribution in [0.4, 0.5) is 0 Å². The van der Waals surface area contributed by atoms with Crippen molar-refractivity contribution in [3.63, 3.8) is 0 Å². The summed E-state index contributed by atoms with van der Waals surface area (Å²) in [6, 6.07) is 3.78. The van der Waals surface area contributed by atoms with Gasteiger partial charge in [0.2, 0.25) is 17.7 Å². The van der Waals surface area contributed by atoms with Crippen LogP contribution in [0.3, 0.4) is 0 Å². The molecule has 0 bridgehead atoms. The summed E-state index contributed by atoms with van der Waals surface area (Å²) in [5.41, 5.74) is 0.754. The highest BCUT2D eigenvalue weighted by molar-refractivity contribution is 6.24. The Hall–Kier alpha value is -3.51. The van der Waals surface area contributed by atoms with Crippen LogP contribution >= 0.6 is 0 Å². The molecule has 1 aromatic carbocycles. The zero-order chi connectivity index (χ0) is 21.7. The van der Waals surface area contributed by atoms with Crippen LogP contribution in [-0.2, 0) is 19.1 Å². The van der Waals surface area contributed by atoms with Crippen molar-refractivity contribution >= 4 is 29.5 Å². The number of nitrogens with one attached hydrogen (secondary N) is 2. The molecule has 0 spiro atoms. The summed E-state index contributed by atoms with van der Waals surface area (Å²) < 4.78 is 5.33. The molecule has 1 atom stereocenters. The Labute approximate surface area is 173 Å². The van der Waals surface area contributed by atoms with E-state index in [0.717, 1.165) is 4.90 Å². The predicted molar refractivity (Wildman–Crippen MR) is 104 cm³/mol. The van der Waals surface area contributed by atoms with Crippen LogP contribution in [0.1, 0.15) is 52.0 Å². The molecule has 30 heavy (non-hydrogen) atoms. The van der Waals surface area contributed by atoms with Crippen molar-refractivity contribution < 1.29 is 28.7 Å². The summed E-state index contributed by atoms with van der Waals surface area (Å²) in [6.07, 6.45) is 0.820. The van der Waals surface area contributed by atoms with Gasteiger partial charge in [0.25, 0.3) is 11.8 Å². The monoisotopic (exact) mass is 411 g/mol. The SMILES string of the molecule is CNC(=O)CCOCCC#Cc1cccc2c1C(=O)N(C1CCC(=O)NC1=O)C2=O. The van der Waals surface area contributed by atoms with E-state index >= 15 is 0 Å². The maximum Gasteiger partial charge on any atom is 0.263 e. The first-order chi connectivity index (χ1) is 14.4. The molecule has 2 N–H and O–H groups in total. The van der Waals surface area contributed by atoms with E-state index in [0.29, 0.717) is 18.6 Å². The first-order valence-corrected chi connectivity index (χ1v) is 9.55. The van der Waals surface area contributed by atoms with Crippen LogP contribution in [0, 0.1) is 11.8 Å². The van der Waals surface area contributed by atoms with Gasteiger partial charge in [-0.15, -0.1) is 0 Å². The summed E-state index contributed by atoms with van der Waals surface area (Å²) in [5, 5.41) is 4.67. The quantitative estimate of drug-likeness (QED) is 0.386. The van der Waals surface area contributed by atoms with E-state index in [9.17, 15) is 24.0 Å². The fourth-order valence-electron chi connectivity index (χ4n) is 3.29. The van der Waals surface area contributed by atoms with Crippen molar-refractivity contribution in [2.24, 2.45) is 0 Å². The van der Waals surface area contributed by atoms with E-state index < -0.39 is 29.7 Å². The minimum atomic E-state index is -1.01. The maximum atomic E-state index is 12.9. The van der Waals surface area contributed by atoms with Crippen LogP contribution in [0.15, 0.2) is 18.2 Å². The molecule has 0 radical (unpaired) electrons. The van der Waals surface area contributed by atoms with Crippen molar-refractivity contribution in [2.45, 2.75) is 31.7 Å². The molecule has 5 amide bonds. The van der Waals surface area contributed by atoms with Crippen molar-refractivity contribution in [1.82, 2.24) is 15.5 Å². The van der Waals surface area contributed by atoms with Gasteiger partial charge in [0.1, 0.15) is 6.04 Å². The molecular formula is C21H21N3O6. The van der Waals surface area contributed by atoms with Crippen LogP contribution < -0.4 is 10.6 Å². The molecular weight excluding hydrogens is 390 g/mol. The number of nitrogens with zero attached hydrogens (tertiary/aromatic N) is 1. The van der Waals surface area contributed by atoms with Crippen LogP contribution in [-0.4, -0.2) is 60.7 Å². The average molecular weight is 411 g/mol. The number of hydrogen-bond donors (Lipinski definition) is 2. The zero-order valence-electron chi connectivity index (χ0n) is 16.4. The van der Waals surface area contributed by atoms with Gasteiger partial charge in [0, 0.05) is 31.9 Å². The van der Waals surface area contributed by atoms with Gasteiger partial charge < -0.3 is 10.1 Å². The molecule has 2 heterocycles. The van der Waals surface area contributed by atoms with Gasteiger partial charge in [0.15, 0.2) is 0 Å². The first-order valence-electron chi connectivity index (χ1n) is 9.55. The topological polar surface area (TPSA) is 122 Å². The smallest absolute Gasteiger partial charge is 0.263 e. The number of piperidine rings is 1. The molecule has 2 aliphatic heterocycles. The van der Waals surface area contributed by atoms with E-state index in [1.807, 2.05) is 0 Å². The Balaban J connectivity index is 1.68. The summed E-state index contributed by atoms with van der Waals surface area (Å²) in [6.45, 7) is 0.615. The van der Waals surface area contributed by atoms with Crippen molar-refractivity contribution in [1.29, 1.82) is 0 Å². The highest BCUT2D eigenvalue weighted by Crippen LogP contribution is 2.29. The fourth-order valence-corrected chi connectivity index (χ4v) is 3.29. The third-order valence-corrected chi connectivity index (χ3v) is 4.81. The Bertz CT molecular complexity index is 975. The van der Waals surface area contributed by atoms with Gasteiger partial charge in [-0.25, -0.2) is 0 Å². The summed E-state index contributed by atoms with van der Waals surface area (Å²) in [4.78, 5) is 61.2. The van der Waals surface area contributed by atoms with Gasteiger partial charge in [-0.1, -0.05) is 17.9 Å². The van der Waals surface area contributed by atoms with E-state index in [-0.39, 0.29) is 42.9 Å². The second-order valence-electron chi connectivity index (χ2n) is 6.76. The van der Waals surface area contributed by atoms with E-state index in [1.165, 1.54) is 6.07 Å². The highest BCUT2D eigenvalue weighted by atomic mass is 16.5. The Morgan fingerprint density at radius 3 is 2.77 bits per heavy atom. The number of imide groups is 2. The molecule has 156 valence electrons. The first kappa shape index (κ1) is 21.2. The lowest BCUT2D eigenvalue weighted by Crippen LogP contribution is -2.54. The van der Waals surface area contributed by atoms with Crippen LogP contribution in [0.25, 0.3) is 0 Å². The number of ether oxygens (including phenoxy) is 1. The number of amides is 5. The summed E-state index contributed by atoms with van der Waals surface area (Å²) in [7, 11) is 1.56.